The lowest BCUT2D eigenvalue weighted by atomic mass is 10.2. The van der Waals surface area contributed by atoms with Crippen LogP contribution in [0.1, 0.15) is 20.8 Å². The van der Waals surface area contributed by atoms with Crippen LogP contribution >= 0.6 is 22.6 Å². The largest absolute Gasteiger partial charge is 0.487 e. The van der Waals surface area contributed by atoms with Crippen molar-refractivity contribution in [1.82, 2.24) is 0 Å². The number of hydrogen-bond acceptors (Lipinski definition) is 3. The monoisotopic (exact) mass is 356 g/mol. The molecule has 1 rings (SSSR count). The van der Waals surface area contributed by atoms with Crippen LogP contribution in [0.3, 0.4) is 0 Å². The average Bonchev–Trinajstić information content (AvgIpc) is 2.04. The first-order chi connectivity index (χ1) is 7.09. The van der Waals surface area contributed by atoms with Crippen LogP contribution in [0, 0.1) is 3.57 Å². The van der Waals surface area contributed by atoms with Crippen LogP contribution in [0.25, 0.3) is 0 Å². The van der Waals surface area contributed by atoms with E-state index in [0.717, 1.165) is 0 Å². The molecule has 0 saturated carbocycles. The molecule has 0 amide bonds. The van der Waals surface area contributed by atoms with Crippen molar-refractivity contribution in [1.29, 1.82) is 0 Å². The summed E-state index contributed by atoms with van der Waals surface area (Å²) >= 11 is 1.97. The summed E-state index contributed by atoms with van der Waals surface area (Å²) in [6.07, 6.45) is 0. The molecule has 0 aliphatic carbocycles. The molecular formula is C10H13IO4S. The van der Waals surface area contributed by atoms with Gasteiger partial charge in [-0.05, 0) is 61.6 Å². The quantitative estimate of drug-likeness (QED) is 0.654. The van der Waals surface area contributed by atoms with Gasteiger partial charge >= 0.3 is 0 Å². The zero-order chi connectivity index (χ0) is 12.6. The summed E-state index contributed by atoms with van der Waals surface area (Å²) < 4.78 is 36.9. The normalized spacial score (nSPS) is 12.6. The lowest BCUT2D eigenvalue weighted by Crippen LogP contribution is -2.23. The van der Waals surface area contributed by atoms with E-state index in [4.69, 9.17) is 9.29 Å². The topological polar surface area (TPSA) is 63.6 Å². The summed E-state index contributed by atoms with van der Waals surface area (Å²) in [5.41, 5.74) is -0.348. The number of ether oxygens (including phenoxy) is 1. The second kappa shape index (κ2) is 4.50. The Bertz CT molecular complexity index is 488. The molecule has 4 nitrogen and oxygen atoms in total. The third-order valence-corrected chi connectivity index (χ3v) is 3.31. The van der Waals surface area contributed by atoms with Gasteiger partial charge < -0.3 is 4.74 Å². The first kappa shape index (κ1) is 13.7. The second-order valence-corrected chi connectivity index (χ2v) is 6.87. The standard InChI is InChI=1S/C10H13IO4S/c1-10(2,3)15-9-5-4-7(6-8(9)11)16(12,13)14/h4-6H,1-3H3,(H,12,13,14). The van der Waals surface area contributed by atoms with Crippen LogP contribution in [-0.4, -0.2) is 18.6 Å². The molecule has 0 spiro atoms. The van der Waals surface area contributed by atoms with Crippen LogP contribution in [0.2, 0.25) is 0 Å². The Balaban J connectivity index is 3.11. The average molecular weight is 356 g/mol. The van der Waals surface area contributed by atoms with Gasteiger partial charge in [0, 0.05) is 0 Å². The van der Waals surface area contributed by atoms with Crippen LogP contribution in [0.4, 0.5) is 0 Å². The highest BCUT2D eigenvalue weighted by Crippen LogP contribution is 2.27. The fraction of sp³-hybridized carbons (Fsp3) is 0.400. The van der Waals surface area contributed by atoms with E-state index >= 15 is 0 Å². The van der Waals surface area contributed by atoms with E-state index in [2.05, 4.69) is 0 Å². The van der Waals surface area contributed by atoms with Crippen molar-refractivity contribution in [2.24, 2.45) is 0 Å². The highest BCUT2D eigenvalue weighted by Gasteiger charge is 2.16. The van der Waals surface area contributed by atoms with E-state index in [1.54, 1.807) is 0 Å². The van der Waals surface area contributed by atoms with Gasteiger partial charge in [-0.15, -0.1) is 0 Å². The van der Waals surface area contributed by atoms with Crippen LogP contribution < -0.4 is 4.74 Å². The molecule has 90 valence electrons. The fourth-order valence-corrected chi connectivity index (χ4v) is 2.40. The predicted molar refractivity (Wildman–Crippen MR) is 69.4 cm³/mol. The molecule has 0 aliphatic rings. The zero-order valence-electron chi connectivity index (χ0n) is 9.19. The third-order valence-electron chi connectivity index (χ3n) is 1.62. The summed E-state index contributed by atoms with van der Waals surface area (Å²) in [6, 6.07) is 4.23. The smallest absolute Gasteiger partial charge is 0.294 e. The van der Waals surface area contributed by atoms with Crippen LogP contribution in [0.5, 0.6) is 5.75 Å². The number of hydrogen-bond donors (Lipinski definition) is 1. The Morgan fingerprint density at radius 2 is 1.88 bits per heavy atom. The Kier molecular flexibility index (Phi) is 3.86. The SMILES string of the molecule is CC(C)(C)Oc1ccc(S(=O)(=O)O)cc1I. The first-order valence-corrected chi connectivity index (χ1v) is 7.07. The molecule has 6 heteroatoms. The van der Waals surface area contributed by atoms with Gasteiger partial charge in [-0.1, -0.05) is 0 Å². The second-order valence-electron chi connectivity index (χ2n) is 4.28. The lowest BCUT2D eigenvalue weighted by Gasteiger charge is -2.22. The predicted octanol–water partition coefficient (Wildman–Crippen LogP) is 2.72. The van der Waals surface area contributed by atoms with Crippen molar-refractivity contribution in [2.75, 3.05) is 0 Å². The molecule has 1 N–H and O–H groups in total. The summed E-state index contributed by atoms with van der Waals surface area (Å²) in [6.45, 7) is 5.71. The Labute approximate surface area is 109 Å². The summed E-state index contributed by atoms with van der Waals surface area (Å²) in [5, 5.41) is 0. The Morgan fingerprint density at radius 1 is 1.31 bits per heavy atom. The molecule has 0 aliphatic heterocycles. The molecular weight excluding hydrogens is 343 g/mol. The van der Waals surface area contributed by atoms with Crippen LogP contribution in [-0.2, 0) is 10.1 Å². The molecule has 16 heavy (non-hydrogen) atoms. The summed E-state index contributed by atoms with van der Waals surface area (Å²) in [7, 11) is -4.15. The first-order valence-electron chi connectivity index (χ1n) is 4.56. The molecule has 0 unspecified atom stereocenters. The van der Waals surface area contributed by atoms with E-state index in [1.807, 2.05) is 43.4 Å². The molecule has 0 saturated heterocycles. The highest BCUT2D eigenvalue weighted by molar-refractivity contribution is 14.1. The minimum Gasteiger partial charge on any atom is -0.487 e. The minimum atomic E-state index is -4.15. The maximum Gasteiger partial charge on any atom is 0.294 e. The van der Waals surface area contributed by atoms with Crippen LogP contribution in [0.15, 0.2) is 23.1 Å². The van der Waals surface area contributed by atoms with Gasteiger partial charge in [0.15, 0.2) is 0 Å². The van der Waals surface area contributed by atoms with Gasteiger partial charge in [0.2, 0.25) is 0 Å². The van der Waals surface area contributed by atoms with Crippen molar-refractivity contribution >= 4 is 32.7 Å². The molecule has 0 radical (unpaired) electrons. The number of halogens is 1. The number of rotatable bonds is 2. The van der Waals surface area contributed by atoms with E-state index < -0.39 is 10.1 Å². The van der Waals surface area contributed by atoms with E-state index in [0.29, 0.717) is 9.32 Å². The summed E-state index contributed by atoms with van der Waals surface area (Å²) in [4.78, 5) is -0.127. The fourth-order valence-electron chi connectivity index (χ4n) is 1.05. The highest BCUT2D eigenvalue weighted by atomic mass is 127. The van der Waals surface area contributed by atoms with Crippen molar-refractivity contribution in [3.8, 4) is 5.75 Å². The summed E-state index contributed by atoms with van der Waals surface area (Å²) in [5.74, 6) is 0.598. The van der Waals surface area contributed by atoms with E-state index in [-0.39, 0.29) is 10.5 Å². The van der Waals surface area contributed by atoms with Gasteiger partial charge in [0.1, 0.15) is 11.4 Å². The van der Waals surface area contributed by atoms with Gasteiger partial charge in [-0.25, -0.2) is 0 Å². The van der Waals surface area contributed by atoms with Gasteiger partial charge in [-0.3, -0.25) is 4.55 Å². The molecule has 0 fully saturated rings. The lowest BCUT2D eigenvalue weighted by molar-refractivity contribution is 0.129. The van der Waals surface area contributed by atoms with Gasteiger partial charge in [0.05, 0.1) is 8.47 Å². The van der Waals surface area contributed by atoms with E-state index in [9.17, 15) is 8.42 Å². The maximum absolute atomic E-state index is 10.9. The molecule has 0 atom stereocenters. The zero-order valence-corrected chi connectivity index (χ0v) is 12.2. The van der Waals surface area contributed by atoms with Gasteiger partial charge in [-0.2, -0.15) is 8.42 Å². The van der Waals surface area contributed by atoms with Gasteiger partial charge in [0.25, 0.3) is 10.1 Å². The molecule has 1 aromatic rings. The van der Waals surface area contributed by atoms with E-state index in [1.165, 1.54) is 18.2 Å². The molecule has 0 aromatic heterocycles. The van der Waals surface area contributed by atoms with Crippen molar-refractivity contribution in [3.63, 3.8) is 0 Å². The van der Waals surface area contributed by atoms with Crippen molar-refractivity contribution in [2.45, 2.75) is 31.3 Å². The van der Waals surface area contributed by atoms with Crippen molar-refractivity contribution < 1.29 is 17.7 Å². The minimum absolute atomic E-state index is 0.127. The van der Waals surface area contributed by atoms with Crippen molar-refractivity contribution in [3.05, 3.63) is 21.8 Å². The molecule has 1 aromatic carbocycles. The number of benzene rings is 1. The Morgan fingerprint density at radius 3 is 2.25 bits per heavy atom. The Hall–Kier alpha value is -0.340. The molecule has 0 bridgehead atoms. The third kappa shape index (κ3) is 3.91. The maximum atomic E-state index is 10.9. The molecule has 0 heterocycles.